The molecule has 5 heteroatoms. The molecule has 0 radical (unpaired) electrons. The number of hydrogen-bond acceptors (Lipinski definition) is 2. The quantitative estimate of drug-likeness (QED) is 0.841. The summed E-state index contributed by atoms with van der Waals surface area (Å²) in [5.74, 6) is -0.214. The summed E-state index contributed by atoms with van der Waals surface area (Å²) in [5, 5.41) is 9.64. The second-order valence-electron chi connectivity index (χ2n) is 3.41. The largest absolute Gasteiger partial charge is 0.322 e. The summed E-state index contributed by atoms with van der Waals surface area (Å²) in [7, 11) is 0. The zero-order valence-corrected chi connectivity index (χ0v) is 9.38. The van der Waals surface area contributed by atoms with Crippen LogP contribution in [-0.4, -0.2) is 16.1 Å². The molecule has 0 fully saturated rings. The minimum atomic E-state index is -0.214. The molecule has 0 aliphatic carbocycles. The second-order valence-corrected chi connectivity index (χ2v) is 3.81. The maximum absolute atomic E-state index is 11.7. The number of H-pyrrole nitrogens is 1. The van der Waals surface area contributed by atoms with E-state index in [1.54, 1.807) is 12.1 Å². The Balaban J connectivity index is 2.15. The highest BCUT2D eigenvalue weighted by atomic mass is 35.5. The molecule has 0 aliphatic rings. The fourth-order valence-corrected chi connectivity index (χ4v) is 1.43. The van der Waals surface area contributed by atoms with Crippen molar-refractivity contribution in [2.45, 2.75) is 6.92 Å². The van der Waals surface area contributed by atoms with Crippen molar-refractivity contribution in [1.82, 2.24) is 10.2 Å². The number of anilines is 1. The number of benzene rings is 1. The highest BCUT2D eigenvalue weighted by Gasteiger charge is 2.07. The van der Waals surface area contributed by atoms with Crippen LogP contribution in [0.4, 0.5) is 5.69 Å². The monoisotopic (exact) mass is 235 g/mol. The summed E-state index contributed by atoms with van der Waals surface area (Å²) in [4.78, 5) is 11.7. The molecule has 0 aliphatic heterocycles. The Morgan fingerprint density at radius 2 is 2.31 bits per heavy atom. The molecule has 4 nitrogen and oxygen atoms in total. The number of carbonyl (C=O) groups excluding carboxylic acids is 1. The Kier molecular flexibility index (Phi) is 2.92. The molecule has 0 atom stereocenters. The van der Waals surface area contributed by atoms with Gasteiger partial charge in [0.05, 0.1) is 11.8 Å². The van der Waals surface area contributed by atoms with Crippen molar-refractivity contribution in [1.29, 1.82) is 0 Å². The van der Waals surface area contributed by atoms with Crippen LogP contribution < -0.4 is 5.32 Å². The number of halogens is 1. The van der Waals surface area contributed by atoms with Crippen LogP contribution in [-0.2, 0) is 0 Å². The molecule has 2 rings (SSSR count). The number of carbonyl (C=O) groups is 1. The van der Waals surface area contributed by atoms with Crippen molar-refractivity contribution in [2.75, 3.05) is 5.32 Å². The van der Waals surface area contributed by atoms with Crippen molar-refractivity contribution >= 4 is 23.2 Å². The first-order valence-corrected chi connectivity index (χ1v) is 5.11. The number of amides is 1. The standard InChI is InChI=1S/C11H10ClN3O/c1-7-2-3-9(4-10(7)12)15-11(16)8-5-13-14-6-8/h2-6H,1H3,(H,13,14)(H,15,16). The second kappa shape index (κ2) is 4.37. The van der Waals surface area contributed by atoms with Crippen molar-refractivity contribution in [3.05, 3.63) is 46.7 Å². The normalized spacial score (nSPS) is 10.1. The van der Waals surface area contributed by atoms with Crippen LogP contribution in [0, 0.1) is 6.92 Å². The summed E-state index contributed by atoms with van der Waals surface area (Å²) in [6.07, 6.45) is 3.00. The minimum Gasteiger partial charge on any atom is -0.322 e. The number of aryl methyl sites for hydroxylation is 1. The van der Waals surface area contributed by atoms with Gasteiger partial charge in [0.15, 0.2) is 0 Å². The fraction of sp³-hybridized carbons (Fsp3) is 0.0909. The topological polar surface area (TPSA) is 57.8 Å². The van der Waals surface area contributed by atoms with Gasteiger partial charge in [-0.15, -0.1) is 0 Å². The Labute approximate surface area is 97.6 Å². The van der Waals surface area contributed by atoms with Gasteiger partial charge in [-0.05, 0) is 24.6 Å². The lowest BCUT2D eigenvalue weighted by Gasteiger charge is -2.05. The number of nitrogens with one attached hydrogen (secondary N) is 2. The average Bonchev–Trinajstić information content (AvgIpc) is 2.77. The van der Waals surface area contributed by atoms with E-state index in [4.69, 9.17) is 11.6 Å². The fourth-order valence-electron chi connectivity index (χ4n) is 1.25. The molecule has 1 aromatic heterocycles. The molecule has 1 aromatic carbocycles. The Morgan fingerprint density at radius 3 is 2.94 bits per heavy atom. The van der Waals surface area contributed by atoms with E-state index < -0.39 is 0 Å². The van der Waals surface area contributed by atoms with Gasteiger partial charge < -0.3 is 5.32 Å². The molecule has 0 saturated heterocycles. The molecule has 1 heterocycles. The first-order valence-electron chi connectivity index (χ1n) is 4.73. The number of rotatable bonds is 2. The van der Waals surface area contributed by atoms with Gasteiger partial charge in [-0.2, -0.15) is 5.10 Å². The summed E-state index contributed by atoms with van der Waals surface area (Å²) in [5.41, 5.74) is 2.13. The van der Waals surface area contributed by atoms with E-state index in [0.717, 1.165) is 5.56 Å². The van der Waals surface area contributed by atoms with Gasteiger partial charge in [0.1, 0.15) is 0 Å². The predicted molar refractivity (Wildman–Crippen MR) is 62.7 cm³/mol. The van der Waals surface area contributed by atoms with Crippen molar-refractivity contribution in [3.8, 4) is 0 Å². The van der Waals surface area contributed by atoms with Gasteiger partial charge in [-0.1, -0.05) is 17.7 Å². The molecule has 0 bridgehead atoms. The molecule has 0 unspecified atom stereocenters. The number of aromatic nitrogens is 2. The number of aromatic amines is 1. The van der Waals surface area contributed by atoms with Gasteiger partial charge in [0, 0.05) is 16.9 Å². The average molecular weight is 236 g/mol. The first kappa shape index (κ1) is 10.7. The molecule has 0 spiro atoms. The Bertz CT molecular complexity index is 508. The molecule has 1 amide bonds. The third-order valence-corrected chi connectivity index (χ3v) is 2.60. The third kappa shape index (κ3) is 2.23. The lowest BCUT2D eigenvalue weighted by Crippen LogP contribution is -2.10. The molecule has 2 aromatic rings. The molecular formula is C11H10ClN3O. The lowest BCUT2D eigenvalue weighted by molar-refractivity contribution is 0.102. The van der Waals surface area contributed by atoms with E-state index in [9.17, 15) is 4.79 Å². The van der Waals surface area contributed by atoms with Crippen LogP contribution in [0.25, 0.3) is 0 Å². The van der Waals surface area contributed by atoms with E-state index in [2.05, 4.69) is 15.5 Å². The zero-order valence-electron chi connectivity index (χ0n) is 8.62. The highest BCUT2D eigenvalue weighted by Crippen LogP contribution is 2.20. The van der Waals surface area contributed by atoms with Crippen molar-refractivity contribution in [2.24, 2.45) is 0 Å². The van der Waals surface area contributed by atoms with Gasteiger partial charge in [0.2, 0.25) is 0 Å². The molecule has 16 heavy (non-hydrogen) atoms. The van der Waals surface area contributed by atoms with Crippen LogP contribution in [0.2, 0.25) is 5.02 Å². The maximum atomic E-state index is 11.7. The van der Waals surface area contributed by atoms with Gasteiger partial charge in [0.25, 0.3) is 5.91 Å². The van der Waals surface area contributed by atoms with Crippen molar-refractivity contribution in [3.63, 3.8) is 0 Å². The summed E-state index contributed by atoms with van der Waals surface area (Å²) in [6, 6.07) is 5.38. The SMILES string of the molecule is Cc1ccc(NC(=O)c2cn[nH]c2)cc1Cl. The molecular weight excluding hydrogens is 226 g/mol. The highest BCUT2D eigenvalue weighted by molar-refractivity contribution is 6.31. The molecule has 0 saturated carbocycles. The van der Waals surface area contributed by atoms with Gasteiger partial charge in [-0.3, -0.25) is 9.89 Å². The summed E-state index contributed by atoms with van der Waals surface area (Å²) >= 11 is 5.95. The van der Waals surface area contributed by atoms with Crippen LogP contribution >= 0.6 is 11.6 Å². The van der Waals surface area contributed by atoms with Crippen LogP contribution in [0.3, 0.4) is 0 Å². The van der Waals surface area contributed by atoms with Crippen LogP contribution in [0.1, 0.15) is 15.9 Å². The first-order chi connectivity index (χ1) is 7.66. The van der Waals surface area contributed by atoms with E-state index in [-0.39, 0.29) is 5.91 Å². The molecule has 2 N–H and O–H groups in total. The third-order valence-electron chi connectivity index (χ3n) is 2.19. The smallest absolute Gasteiger partial charge is 0.258 e. The lowest BCUT2D eigenvalue weighted by atomic mass is 10.2. The van der Waals surface area contributed by atoms with E-state index in [1.165, 1.54) is 12.4 Å². The Hall–Kier alpha value is -1.81. The number of nitrogens with zero attached hydrogens (tertiary/aromatic N) is 1. The van der Waals surface area contributed by atoms with Crippen LogP contribution in [0.5, 0.6) is 0 Å². The predicted octanol–water partition coefficient (Wildman–Crippen LogP) is 2.62. The summed E-state index contributed by atoms with van der Waals surface area (Å²) in [6.45, 7) is 1.91. The maximum Gasteiger partial charge on any atom is 0.258 e. The van der Waals surface area contributed by atoms with E-state index >= 15 is 0 Å². The zero-order chi connectivity index (χ0) is 11.5. The molecule has 82 valence electrons. The van der Waals surface area contributed by atoms with Gasteiger partial charge in [-0.25, -0.2) is 0 Å². The minimum absolute atomic E-state index is 0.214. The summed E-state index contributed by atoms with van der Waals surface area (Å²) < 4.78 is 0. The van der Waals surface area contributed by atoms with Crippen molar-refractivity contribution < 1.29 is 4.79 Å². The van der Waals surface area contributed by atoms with Gasteiger partial charge >= 0.3 is 0 Å². The van der Waals surface area contributed by atoms with E-state index in [1.807, 2.05) is 13.0 Å². The number of hydrogen-bond donors (Lipinski definition) is 2. The Morgan fingerprint density at radius 1 is 1.50 bits per heavy atom. The van der Waals surface area contributed by atoms with Crippen LogP contribution in [0.15, 0.2) is 30.6 Å². The van der Waals surface area contributed by atoms with E-state index in [0.29, 0.717) is 16.3 Å².